The van der Waals surface area contributed by atoms with Gasteiger partial charge >= 0.3 is 0 Å². The van der Waals surface area contributed by atoms with E-state index in [-0.39, 0.29) is 6.54 Å². The highest BCUT2D eigenvalue weighted by Gasteiger charge is 2.20. The van der Waals surface area contributed by atoms with Gasteiger partial charge in [0.1, 0.15) is 6.54 Å². The zero-order chi connectivity index (χ0) is 25.0. The average molecular weight is 521 g/mol. The van der Waals surface area contributed by atoms with Crippen molar-refractivity contribution in [1.82, 2.24) is 9.99 Å². The monoisotopic (exact) mass is 520 g/mol. The van der Waals surface area contributed by atoms with Crippen LogP contribution in [0, 0.1) is 13.8 Å². The van der Waals surface area contributed by atoms with Crippen LogP contribution < -0.4 is 9.73 Å². The molecule has 3 rings (SSSR count). The summed E-state index contributed by atoms with van der Waals surface area (Å²) in [5.74, 6) is -0.559. The van der Waals surface area contributed by atoms with E-state index < -0.39 is 15.9 Å². The van der Waals surface area contributed by atoms with Crippen molar-refractivity contribution in [2.45, 2.75) is 27.2 Å². The molecule has 0 saturated heterocycles. The largest absolute Gasteiger partial charge is 0.318 e. The summed E-state index contributed by atoms with van der Waals surface area (Å²) in [4.78, 5) is 12.5. The van der Waals surface area contributed by atoms with Gasteiger partial charge in [-0.15, -0.1) is 0 Å². The van der Waals surface area contributed by atoms with Crippen LogP contribution >= 0.6 is 23.2 Å². The number of sulfonamides is 1. The number of hydrogen-bond acceptors (Lipinski definition) is 4. The van der Waals surface area contributed by atoms with Gasteiger partial charge in [-0.3, -0.25) is 9.10 Å². The number of aryl methyl sites for hydroxylation is 2. The van der Waals surface area contributed by atoms with E-state index >= 15 is 0 Å². The lowest BCUT2D eigenvalue weighted by atomic mass is 10.1. The molecular weight excluding hydrogens is 495 g/mol. The maximum absolute atomic E-state index is 12.5. The van der Waals surface area contributed by atoms with E-state index in [9.17, 15) is 13.2 Å². The number of hydrogen-bond donors (Lipinski definition) is 1. The van der Waals surface area contributed by atoms with Crippen LogP contribution in [0.5, 0.6) is 0 Å². The maximum atomic E-state index is 12.5. The lowest BCUT2D eigenvalue weighted by Gasteiger charge is -2.21. The SMILES string of the molecule is CCc1ccc(N(CC(=O)N/N=C\c2cc(C)n(-c3cc(Cl)cc(Cl)c3)c2C)S(C)(=O)=O)cc1. The molecule has 0 aliphatic rings. The Balaban J connectivity index is 1.75. The predicted octanol–water partition coefficient (Wildman–Crippen LogP) is 4.88. The van der Waals surface area contributed by atoms with Gasteiger partial charge in [0.05, 0.1) is 18.2 Å². The quantitative estimate of drug-likeness (QED) is 0.339. The highest BCUT2D eigenvalue weighted by atomic mass is 35.5. The molecule has 7 nitrogen and oxygen atoms in total. The third-order valence-electron chi connectivity index (χ3n) is 5.29. The molecule has 1 N–H and O–H groups in total. The van der Waals surface area contributed by atoms with Crippen LogP contribution in [0.25, 0.3) is 5.69 Å². The molecule has 0 aliphatic carbocycles. The van der Waals surface area contributed by atoms with Crippen molar-refractivity contribution in [2.75, 3.05) is 17.1 Å². The first kappa shape index (κ1) is 25.8. The molecule has 0 radical (unpaired) electrons. The molecule has 1 heterocycles. The number of hydrazone groups is 1. The smallest absolute Gasteiger partial charge is 0.260 e. The van der Waals surface area contributed by atoms with Crippen molar-refractivity contribution < 1.29 is 13.2 Å². The van der Waals surface area contributed by atoms with Gasteiger partial charge in [-0.25, -0.2) is 13.8 Å². The second-order valence-electron chi connectivity index (χ2n) is 7.87. The fourth-order valence-corrected chi connectivity index (χ4v) is 4.99. The molecule has 1 amide bonds. The zero-order valence-electron chi connectivity index (χ0n) is 19.3. The summed E-state index contributed by atoms with van der Waals surface area (Å²) in [6.07, 6.45) is 3.41. The van der Waals surface area contributed by atoms with E-state index in [0.717, 1.165) is 45.2 Å². The van der Waals surface area contributed by atoms with Gasteiger partial charge in [0, 0.05) is 32.7 Å². The molecule has 180 valence electrons. The molecule has 0 saturated carbocycles. The Morgan fingerprint density at radius 3 is 2.26 bits per heavy atom. The summed E-state index contributed by atoms with van der Waals surface area (Å²) >= 11 is 12.3. The fourth-order valence-electron chi connectivity index (χ4n) is 3.62. The van der Waals surface area contributed by atoms with Crippen LogP contribution in [0.3, 0.4) is 0 Å². The molecule has 2 aromatic carbocycles. The minimum absolute atomic E-state index is 0.387. The van der Waals surface area contributed by atoms with Crippen LogP contribution in [-0.2, 0) is 21.2 Å². The first-order chi connectivity index (χ1) is 16.0. The predicted molar refractivity (Wildman–Crippen MR) is 139 cm³/mol. The number of benzene rings is 2. The second-order valence-corrected chi connectivity index (χ2v) is 10.7. The van der Waals surface area contributed by atoms with Crippen LogP contribution in [0.1, 0.15) is 29.4 Å². The Labute approximate surface area is 210 Å². The van der Waals surface area contributed by atoms with Crippen molar-refractivity contribution in [3.8, 4) is 5.69 Å². The van der Waals surface area contributed by atoms with E-state index in [1.54, 1.807) is 18.2 Å². The van der Waals surface area contributed by atoms with Gasteiger partial charge in [-0.1, -0.05) is 42.3 Å². The van der Waals surface area contributed by atoms with Crippen LogP contribution in [0.15, 0.2) is 53.6 Å². The molecule has 1 aromatic heterocycles. The summed E-state index contributed by atoms with van der Waals surface area (Å²) in [5.41, 5.74) is 7.31. The van der Waals surface area contributed by atoms with E-state index in [4.69, 9.17) is 23.2 Å². The third-order valence-corrected chi connectivity index (χ3v) is 6.87. The molecule has 3 aromatic rings. The van der Waals surface area contributed by atoms with E-state index in [1.807, 2.05) is 55.7 Å². The normalized spacial score (nSPS) is 11.7. The molecule has 0 bridgehead atoms. The number of nitrogens with one attached hydrogen (secondary N) is 1. The van der Waals surface area contributed by atoms with Gasteiger partial charge in [0.15, 0.2) is 0 Å². The highest BCUT2D eigenvalue weighted by Crippen LogP contribution is 2.26. The number of nitrogens with zero attached hydrogens (tertiary/aromatic N) is 3. The van der Waals surface area contributed by atoms with Crippen LogP contribution in [0.2, 0.25) is 10.0 Å². The standard InChI is InChI=1S/C24H26Cl2N4O3S/c1-5-18-6-8-22(9-7-18)29(34(4,32)33)15-24(31)28-27-14-19-10-16(2)30(17(19)3)23-12-20(25)11-21(26)13-23/h6-14H,5,15H2,1-4H3,(H,28,31)/b27-14-. The first-order valence-corrected chi connectivity index (χ1v) is 13.1. The van der Waals surface area contributed by atoms with E-state index in [2.05, 4.69) is 10.5 Å². The Kier molecular flexibility index (Phi) is 8.07. The van der Waals surface area contributed by atoms with Gasteiger partial charge in [-0.2, -0.15) is 5.10 Å². The maximum Gasteiger partial charge on any atom is 0.260 e. The second kappa shape index (κ2) is 10.6. The molecule has 0 atom stereocenters. The van der Waals surface area contributed by atoms with Crippen LogP contribution in [-0.4, -0.2) is 37.9 Å². The van der Waals surface area contributed by atoms with Gasteiger partial charge < -0.3 is 4.57 Å². The van der Waals surface area contributed by atoms with Crippen LogP contribution in [0.4, 0.5) is 5.69 Å². The molecule has 0 spiro atoms. The molecular formula is C24H26Cl2N4O3S. The Bertz CT molecular complexity index is 1310. The van der Waals surface area contributed by atoms with Crippen molar-refractivity contribution in [3.05, 3.63) is 81.1 Å². The number of carbonyl (C=O) groups excluding carboxylic acids is 1. The number of carbonyl (C=O) groups is 1. The fraction of sp³-hybridized carbons (Fsp3) is 0.250. The van der Waals surface area contributed by atoms with Crippen molar-refractivity contribution >= 4 is 51.0 Å². The average Bonchev–Trinajstić information content (AvgIpc) is 3.03. The Morgan fingerprint density at radius 2 is 1.71 bits per heavy atom. The number of amides is 1. The lowest BCUT2D eigenvalue weighted by molar-refractivity contribution is -0.119. The topological polar surface area (TPSA) is 83.8 Å². The Morgan fingerprint density at radius 1 is 1.09 bits per heavy atom. The molecule has 34 heavy (non-hydrogen) atoms. The van der Waals surface area contributed by atoms with Crippen molar-refractivity contribution in [2.24, 2.45) is 5.10 Å². The summed E-state index contributed by atoms with van der Waals surface area (Å²) in [6, 6.07) is 14.3. The molecule has 0 fully saturated rings. The number of aromatic nitrogens is 1. The van der Waals surface area contributed by atoms with Gasteiger partial charge in [0.25, 0.3) is 5.91 Å². The number of anilines is 1. The lowest BCUT2D eigenvalue weighted by Crippen LogP contribution is -2.39. The van der Waals surface area contributed by atoms with Crippen molar-refractivity contribution in [3.63, 3.8) is 0 Å². The van der Waals surface area contributed by atoms with Crippen molar-refractivity contribution in [1.29, 1.82) is 0 Å². The third kappa shape index (κ3) is 6.20. The summed E-state index contributed by atoms with van der Waals surface area (Å²) < 4.78 is 27.6. The summed E-state index contributed by atoms with van der Waals surface area (Å²) in [5, 5.41) is 5.08. The van der Waals surface area contributed by atoms with Gasteiger partial charge in [-0.05, 0) is 62.2 Å². The summed E-state index contributed by atoms with van der Waals surface area (Å²) in [6.45, 7) is 5.47. The highest BCUT2D eigenvalue weighted by molar-refractivity contribution is 7.92. The van der Waals surface area contributed by atoms with E-state index in [1.165, 1.54) is 6.21 Å². The minimum Gasteiger partial charge on any atom is -0.318 e. The van der Waals surface area contributed by atoms with E-state index in [0.29, 0.717) is 15.7 Å². The van der Waals surface area contributed by atoms with Gasteiger partial charge in [0.2, 0.25) is 10.0 Å². The number of halogens is 2. The molecule has 0 aliphatic heterocycles. The molecule has 10 heteroatoms. The first-order valence-electron chi connectivity index (χ1n) is 10.5. The Hall–Kier alpha value is -2.81. The molecule has 0 unspecified atom stereocenters. The zero-order valence-corrected chi connectivity index (χ0v) is 21.7. The summed E-state index contributed by atoms with van der Waals surface area (Å²) in [7, 11) is -3.66. The minimum atomic E-state index is -3.66. The number of rotatable bonds is 8.